The van der Waals surface area contributed by atoms with Gasteiger partial charge in [-0.1, -0.05) is 27.2 Å². The quantitative estimate of drug-likeness (QED) is 0.676. The SMILES string of the molecule is CC.CCCCOc1ncc(C)o1. The Morgan fingerprint density at radius 3 is 2.62 bits per heavy atom. The van der Waals surface area contributed by atoms with Gasteiger partial charge in [0.2, 0.25) is 0 Å². The molecule has 0 fully saturated rings. The molecule has 0 saturated heterocycles. The van der Waals surface area contributed by atoms with Crippen molar-refractivity contribution in [2.45, 2.75) is 40.5 Å². The average Bonchev–Trinajstić information content (AvgIpc) is 2.56. The lowest BCUT2D eigenvalue weighted by Crippen LogP contribution is -1.95. The van der Waals surface area contributed by atoms with Crippen LogP contribution in [0.25, 0.3) is 0 Å². The van der Waals surface area contributed by atoms with Gasteiger partial charge in [0.25, 0.3) is 0 Å². The Bertz CT molecular complexity index is 208. The maximum absolute atomic E-state index is 5.19. The highest BCUT2D eigenvalue weighted by atomic mass is 16.6. The highest BCUT2D eigenvalue weighted by Gasteiger charge is 1.98. The van der Waals surface area contributed by atoms with Gasteiger partial charge < -0.3 is 9.15 Å². The number of aryl methyl sites for hydroxylation is 1. The summed E-state index contributed by atoms with van der Waals surface area (Å²) in [6, 6.07) is 0. The summed E-state index contributed by atoms with van der Waals surface area (Å²) in [4.78, 5) is 3.90. The molecule has 0 radical (unpaired) electrons. The molecule has 0 bridgehead atoms. The second kappa shape index (κ2) is 7.65. The Balaban J connectivity index is 0.000000671. The number of hydrogen-bond acceptors (Lipinski definition) is 3. The number of nitrogens with zero attached hydrogens (tertiary/aromatic N) is 1. The number of rotatable bonds is 4. The minimum Gasteiger partial charge on any atom is -0.450 e. The Labute approximate surface area is 80.1 Å². The molecule has 3 nitrogen and oxygen atoms in total. The zero-order valence-electron chi connectivity index (χ0n) is 8.96. The first-order valence-electron chi connectivity index (χ1n) is 4.88. The molecule has 0 atom stereocenters. The molecule has 13 heavy (non-hydrogen) atoms. The molecule has 0 N–H and O–H groups in total. The van der Waals surface area contributed by atoms with Crippen LogP contribution in [0.4, 0.5) is 0 Å². The Morgan fingerprint density at radius 1 is 1.46 bits per heavy atom. The van der Waals surface area contributed by atoms with Gasteiger partial charge in [-0.25, -0.2) is 0 Å². The van der Waals surface area contributed by atoms with Crippen molar-refractivity contribution in [1.82, 2.24) is 4.98 Å². The van der Waals surface area contributed by atoms with Crippen molar-refractivity contribution in [2.75, 3.05) is 6.61 Å². The van der Waals surface area contributed by atoms with Crippen molar-refractivity contribution in [2.24, 2.45) is 0 Å². The van der Waals surface area contributed by atoms with Gasteiger partial charge >= 0.3 is 6.08 Å². The topological polar surface area (TPSA) is 35.3 Å². The fourth-order valence-corrected chi connectivity index (χ4v) is 0.705. The molecule has 0 aliphatic rings. The number of hydrogen-bond donors (Lipinski definition) is 0. The third-order valence-electron chi connectivity index (χ3n) is 1.32. The average molecular weight is 185 g/mol. The van der Waals surface area contributed by atoms with Crippen LogP contribution in [0.3, 0.4) is 0 Å². The van der Waals surface area contributed by atoms with Gasteiger partial charge in [-0.2, -0.15) is 4.98 Å². The van der Waals surface area contributed by atoms with Crippen LogP contribution < -0.4 is 4.74 Å². The lowest BCUT2D eigenvalue weighted by molar-refractivity contribution is 0.223. The Hall–Kier alpha value is -0.990. The molecule has 1 aromatic rings. The summed E-state index contributed by atoms with van der Waals surface area (Å²) in [6.45, 7) is 8.65. The molecule has 76 valence electrons. The smallest absolute Gasteiger partial charge is 0.393 e. The fourth-order valence-electron chi connectivity index (χ4n) is 0.705. The van der Waals surface area contributed by atoms with Gasteiger partial charge in [0.05, 0.1) is 12.8 Å². The lowest BCUT2D eigenvalue weighted by atomic mass is 10.4. The first kappa shape index (κ1) is 12.0. The zero-order valence-corrected chi connectivity index (χ0v) is 8.96. The molecule has 0 unspecified atom stereocenters. The van der Waals surface area contributed by atoms with E-state index in [1.807, 2.05) is 20.8 Å². The van der Waals surface area contributed by atoms with E-state index in [0.29, 0.717) is 12.7 Å². The van der Waals surface area contributed by atoms with Gasteiger partial charge in [0.1, 0.15) is 5.76 Å². The van der Waals surface area contributed by atoms with Gasteiger partial charge in [0.15, 0.2) is 0 Å². The maximum atomic E-state index is 5.19. The van der Waals surface area contributed by atoms with Crippen LogP contribution in [0.2, 0.25) is 0 Å². The monoisotopic (exact) mass is 185 g/mol. The Morgan fingerprint density at radius 2 is 2.15 bits per heavy atom. The molecule has 1 rings (SSSR count). The van der Waals surface area contributed by atoms with Gasteiger partial charge in [-0.15, -0.1) is 0 Å². The number of oxazole rings is 1. The summed E-state index contributed by atoms with van der Waals surface area (Å²) in [7, 11) is 0. The third-order valence-corrected chi connectivity index (χ3v) is 1.32. The number of aromatic nitrogens is 1. The molecule has 0 aliphatic heterocycles. The van der Waals surface area contributed by atoms with Crippen molar-refractivity contribution in [3.63, 3.8) is 0 Å². The summed E-state index contributed by atoms with van der Waals surface area (Å²) < 4.78 is 10.3. The number of ether oxygens (including phenoxy) is 1. The summed E-state index contributed by atoms with van der Waals surface area (Å²) in [5.41, 5.74) is 0. The van der Waals surface area contributed by atoms with E-state index < -0.39 is 0 Å². The lowest BCUT2D eigenvalue weighted by Gasteiger charge is -1.97. The molecule has 1 heterocycles. The van der Waals surface area contributed by atoms with Crippen molar-refractivity contribution < 1.29 is 9.15 Å². The van der Waals surface area contributed by atoms with Crippen LogP contribution in [0.15, 0.2) is 10.6 Å². The van der Waals surface area contributed by atoms with E-state index in [0.717, 1.165) is 18.6 Å². The van der Waals surface area contributed by atoms with Crippen molar-refractivity contribution >= 4 is 0 Å². The normalized spacial score (nSPS) is 8.92. The van der Waals surface area contributed by atoms with E-state index in [9.17, 15) is 0 Å². The maximum Gasteiger partial charge on any atom is 0.393 e. The van der Waals surface area contributed by atoms with Crippen molar-refractivity contribution in [3.8, 4) is 6.08 Å². The molecule has 1 aromatic heterocycles. The second-order valence-electron chi connectivity index (χ2n) is 2.44. The molecular formula is C10H19NO2. The predicted molar refractivity (Wildman–Crippen MR) is 53.0 cm³/mol. The second-order valence-corrected chi connectivity index (χ2v) is 2.44. The molecule has 0 aliphatic carbocycles. The highest BCUT2D eigenvalue weighted by molar-refractivity contribution is 4.94. The van der Waals surface area contributed by atoms with E-state index in [-0.39, 0.29) is 0 Å². The van der Waals surface area contributed by atoms with Crippen LogP contribution >= 0.6 is 0 Å². The van der Waals surface area contributed by atoms with E-state index in [4.69, 9.17) is 9.15 Å². The molecule has 0 saturated carbocycles. The van der Waals surface area contributed by atoms with Crippen LogP contribution in [0.5, 0.6) is 6.08 Å². The summed E-state index contributed by atoms with van der Waals surface area (Å²) in [5.74, 6) is 0.788. The van der Waals surface area contributed by atoms with E-state index in [1.165, 1.54) is 0 Å². The molecule has 0 amide bonds. The van der Waals surface area contributed by atoms with Crippen molar-refractivity contribution in [3.05, 3.63) is 12.0 Å². The third kappa shape index (κ3) is 5.28. The minimum absolute atomic E-state index is 0.385. The predicted octanol–water partition coefficient (Wildman–Crippen LogP) is 3.19. The first-order valence-corrected chi connectivity index (χ1v) is 4.88. The van der Waals surface area contributed by atoms with E-state index in [1.54, 1.807) is 6.20 Å². The van der Waals surface area contributed by atoms with E-state index in [2.05, 4.69) is 11.9 Å². The summed E-state index contributed by atoms with van der Waals surface area (Å²) >= 11 is 0. The molecule has 0 spiro atoms. The Kier molecular flexibility index (Phi) is 7.07. The van der Waals surface area contributed by atoms with Gasteiger partial charge in [-0.3, -0.25) is 0 Å². The van der Waals surface area contributed by atoms with Crippen LogP contribution in [0, 0.1) is 6.92 Å². The van der Waals surface area contributed by atoms with Gasteiger partial charge in [0, 0.05) is 0 Å². The van der Waals surface area contributed by atoms with Crippen LogP contribution in [0.1, 0.15) is 39.4 Å². The zero-order chi connectivity index (χ0) is 10.1. The first-order chi connectivity index (χ1) is 6.33. The summed E-state index contributed by atoms with van der Waals surface area (Å²) in [5, 5.41) is 0. The number of unbranched alkanes of at least 4 members (excludes halogenated alkanes) is 1. The van der Waals surface area contributed by atoms with Gasteiger partial charge in [-0.05, 0) is 13.3 Å². The highest BCUT2D eigenvalue weighted by Crippen LogP contribution is 2.09. The van der Waals surface area contributed by atoms with Crippen LogP contribution in [-0.4, -0.2) is 11.6 Å². The van der Waals surface area contributed by atoms with E-state index >= 15 is 0 Å². The van der Waals surface area contributed by atoms with Crippen molar-refractivity contribution in [1.29, 1.82) is 0 Å². The standard InChI is InChI=1S/C8H13NO2.C2H6/c1-3-4-5-10-8-9-6-7(2)11-8;1-2/h6H,3-5H2,1-2H3;1-2H3. The van der Waals surface area contributed by atoms with Crippen LogP contribution in [-0.2, 0) is 0 Å². The molecule has 3 heteroatoms. The minimum atomic E-state index is 0.385. The summed E-state index contributed by atoms with van der Waals surface area (Å²) in [6.07, 6.45) is 4.21. The fraction of sp³-hybridized carbons (Fsp3) is 0.700. The molecule has 0 aromatic carbocycles. The largest absolute Gasteiger partial charge is 0.450 e. The molecular weight excluding hydrogens is 166 g/mol.